The molecule has 2 N–H and O–H groups in total. The van der Waals surface area contributed by atoms with Gasteiger partial charge in [-0.05, 0) is 61.9 Å². The first-order valence-corrected chi connectivity index (χ1v) is 11.0. The quantitative estimate of drug-likeness (QED) is 0.439. The Balaban J connectivity index is 2.02. The fourth-order valence-electron chi connectivity index (χ4n) is 2.44. The fourth-order valence-corrected chi connectivity index (χ4v) is 3.50. The van der Waals surface area contributed by atoms with Crippen LogP contribution in [0.3, 0.4) is 0 Å². The minimum absolute atomic E-state index is 0.0329. The molecule has 0 bridgehead atoms. The van der Waals surface area contributed by atoms with E-state index in [1.807, 2.05) is 6.92 Å². The number of esters is 1. The molecule has 0 heterocycles. The van der Waals surface area contributed by atoms with Gasteiger partial charge in [-0.3, -0.25) is 9.52 Å². The lowest BCUT2D eigenvalue weighted by molar-refractivity contribution is -0.126. The van der Waals surface area contributed by atoms with Crippen LogP contribution in [0.5, 0.6) is 5.75 Å². The van der Waals surface area contributed by atoms with Crippen molar-refractivity contribution in [1.29, 1.82) is 0 Å². The van der Waals surface area contributed by atoms with Crippen LogP contribution >= 0.6 is 0 Å². The number of unbranched alkanes of at least 4 members (excludes halogenated alkanes) is 1. The van der Waals surface area contributed by atoms with E-state index in [9.17, 15) is 18.0 Å². The second-order valence-electron chi connectivity index (χ2n) is 6.52. The van der Waals surface area contributed by atoms with E-state index < -0.39 is 22.1 Å². The molecule has 162 valence electrons. The van der Waals surface area contributed by atoms with Crippen LogP contribution in [0, 0.1) is 0 Å². The van der Waals surface area contributed by atoms with Crippen LogP contribution in [-0.2, 0) is 19.6 Å². The van der Waals surface area contributed by atoms with Gasteiger partial charge in [0, 0.05) is 12.7 Å². The Labute approximate surface area is 176 Å². The molecule has 0 fully saturated rings. The number of likely N-dealkylation sites (N-methyl/N-ethyl adjacent to an activating group) is 1. The third kappa shape index (κ3) is 6.48. The predicted octanol–water partition coefficient (Wildman–Crippen LogP) is 2.96. The molecule has 2 rings (SSSR count). The van der Waals surface area contributed by atoms with Crippen LogP contribution in [0.2, 0.25) is 0 Å². The van der Waals surface area contributed by atoms with Gasteiger partial charge in [0.25, 0.3) is 15.9 Å². The van der Waals surface area contributed by atoms with Gasteiger partial charge >= 0.3 is 5.97 Å². The van der Waals surface area contributed by atoms with Gasteiger partial charge in [-0.2, -0.15) is 0 Å². The molecule has 2 aromatic carbocycles. The van der Waals surface area contributed by atoms with Crippen LogP contribution in [0.4, 0.5) is 5.69 Å². The number of amides is 1. The van der Waals surface area contributed by atoms with Crippen molar-refractivity contribution in [2.75, 3.05) is 18.4 Å². The Hall–Kier alpha value is -3.07. The summed E-state index contributed by atoms with van der Waals surface area (Å²) < 4.78 is 38.2. The minimum Gasteiger partial charge on any atom is -0.481 e. The number of hydrogen-bond acceptors (Lipinski definition) is 6. The molecule has 1 atom stereocenters. The van der Waals surface area contributed by atoms with Crippen molar-refractivity contribution >= 4 is 27.6 Å². The van der Waals surface area contributed by atoms with E-state index in [0.717, 1.165) is 12.8 Å². The summed E-state index contributed by atoms with van der Waals surface area (Å²) in [6.45, 7) is 3.94. The molecule has 0 radical (unpaired) electrons. The number of nitrogens with one attached hydrogen (secondary N) is 2. The molecule has 30 heavy (non-hydrogen) atoms. The maximum absolute atomic E-state index is 12.6. The molecule has 0 unspecified atom stereocenters. The molecule has 0 spiro atoms. The van der Waals surface area contributed by atoms with Gasteiger partial charge in [0.2, 0.25) is 0 Å². The SMILES string of the molecule is CCCCOC(=O)c1ccc(NS(=O)(=O)c2ccc(O[C@@H](C)C(=O)NC)cc2)cc1. The fraction of sp³-hybridized carbons (Fsp3) is 0.333. The number of carbonyl (C=O) groups is 2. The van der Waals surface area contributed by atoms with Gasteiger partial charge in [0.1, 0.15) is 5.75 Å². The van der Waals surface area contributed by atoms with E-state index in [1.54, 1.807) is 6.92 Å². The third-order valence-electron chi connectivity index (χ3n) is 4.17. The topological polar surface area (TPSA) is 111 Å². The predicted molar refractivity (Wildman–Crippen MR) is 113 cm³/mol. The van der Waals surface area contributed by atoms with Crippen molar-refractivity contribution in [3.8, 4) is 5.75 Å². The zero-order chi connectivity index (χ0) is 22.1. The number of carbonyl (C=O) groups excluding carboxylic acids is 2. The van der Waals surface area contributed by atoms with Crippen molar-refractivity contribution in [1.82, 2.24) is 5.32 Å². The lowest BCUT2D eigenvalue weighted by Crippen LogP contribution is -2.33. The standard InChI is InChI=1S/C21H26N2O6S/c1-4-5-14-28-21(25)16-6-8-17(9-7-16)23-30(26,27)19-12-10-18(11-13-19)29-15(2)20(24)22-3/h6-13,15,23H,4-5,14H2,1-3H3,(H,22,24)/t15-/m0/s1. The van der Waals surface area contributed by atoms with Crippen molar-refractivity contribution in [3.05, 3.63) is 54.1 Å². The number of hydrogen-bond donors (Lipinski definition) is 2. The Morgan fingerprint density at radius 3 is 2.23 bits per heavy atom. The summed E-state index contributed by atoms with van der Waals surface area (Å²) in [6.07, 6.45) is 1.01. The van der Waals surface area contributed by atoms with E-state index in [1.165, 1.54) is 55.6 Å². The lowest BCUT2D eigenvalue weighted by atomic mass is 10.2. The molecule has 0 saturated carbocycles. The molecule has 8 nitrogen and oxygen atoms in total. The summed E-state index contributed by atoms with van der Waals surface area (Å²) in [6, 6.07) is 11.7. The summed E-state index contributed by atoms with van der Waals surface area (Å²) in [5.74, 6) is -0.360. The third-order valence-corrected chi connectivity index (χ3v) is 5.56. The molecule has 0 aliphatic carbocycles. The molecular formula is C21H26N2O6S. The van der Waals surface area contributed by atoms with Crippen LogP contribution in [0.1, 0.15) is 37.0 Å². The first-order valence-electron chi connectivity index (χ1n) is 9.55. The van der Waals surface area contributed by atoms with Crippen LogP contribution < -0.4 is 14.8 Å². The number of benzene rings is 2. The van der Waals surface area contributed by atoms with Gasteiger partial charge in [-0.1, -0.05) is 13.3 Å². The zero-order valence-electron chi connectivity index (χ0n) is 17.2. The summed E-state index contributed by atoms with van der Waals surface area (Å²) in [7, 11) is -2.33. The lowest BCUT2D eigenvalue weighted by Gasteiger charge is -2.14. The smallest absolute Gasteiger partial charge is 0.338 e. The Morgan fingerprint density at radius 1 is 1.03 bits per heavy atom. The minimum atomic E-state index is -3.83. The average Bonchev–Trinajstić information content (AvgIpc) is 2.73. The molecular weight excluding hydrogens is 408 g/mol. The number of ether oxygens (including phenoxy) is 2. The number of anilines is 1. The zero-order valence-corrected chi connectivity index (χ0v) is 18.0. The van der Waals surface area contributed by atoms with E-state index >= 15 is 0 Å². The van der Waals surface area contributed by atoms with Crippen molar-refractivity contribution in [3.63, 3.8) is 0 Å². The summed E-state index contributed by atoms with van der Waals surface area (Å²) in [4.78, 5) is 23.4. The normalized spacial score (nSPS) is 12.0. The number of sulfonamides is 1. The highest BCUT2D eigenvalue weighted by atomic mass is 32.2. The number of rotatable bonds is 10. The molecule has 2 aromatic rings. The molecule has 0 aliphatic heterocycles. The van der Waals surface area contributed by atoms with E-state index in [-0.39, 0.29) is 10.8 Å². The summed E-state index contributed by atoms with van der Waals surface area (Å²) >= 11 is 0. The highest BCUT2D eigenvalue weighted by Gasteiger charge is 2.17. The van der Waals surface area contributed by atoms with Gasteiger partial charge < -0.3 is 14.8 Å². The second-order valence-corrected chi connectivity index (χ2v) is 8.20. The molecule has 0 saturated heterocycles. The highest BCUT2D eigenvalue weighted by Crippen LogP contribution is 2.20. The molecule has 9 heteroatoms. The van der Waals surface area contributed by atoms with Crippen molar-refractivity contribution < 1.29 is 27.5 Å². The summed E-state index contributed by atoms with van der Waals surface area (Å²) in [5.41, 5.74) is 0.662. The van der Waals surface area contributed by atoms with Gasteiger partial charge in [0.05, 0.1) is 17.1 Å². The first-order chi connectivity index (χ1) is 14.3. The van der Waals surface area contributed by atoms with Crippen molar-refractivity contribution in [2.45, 2.75) is 37.7 Å². The Bertz CT molecular complexity index is 956. The Morgan fingerprint density at radius 2 is 1.67 bits per heavy atom. The Kier molecular flexibility index (Phi) is 8.23. The first kappa shape index (κ1) is 23.2. The second kappa shape index (κ2) is 10.6. The van der Waals surface area contributed by atoms with E-state index in [4.69, 9.17) is 9.47 Å². The van der Waals surface area contributed by atoms with Crippen molar-refractivity contribution in [2.24, 2.45) is 0 Å². The average molecular weight is 435 g/mol. The molecule has 0 aromatic heterocycles. The maximum atomic E-state index is 12.6. The van der Waals surface area contributed by atoms with Gasteiger partial charge in [-0.15, -0.1) is 0 Å². The van der Waals surface area contributed by atoms with Gasteiger partial charge in [0.15, 0.2) is 6.10 Å². The maximum Gasteiger partial charge on any atom is 0.338 e. The van der Waals surface area contributed by atoms with Gasteiger partial charge in [-0.25, -0.2) is 13.2 Å². The highest BCUT2D eigenvalue weighted by molar-refractivity contribution is 7.92. The van der Waals surface area contributed by atoms with Crippen LogP contribution in [0.15, 0.2) is 53.4 Å². The molecule has 0 aliphatic rings. The summed E-state index contributed by atoms with van der Waals surface area (Å²) in [5, 5.41) is 2.47. The molecule has 1 amide bonds. The van der Waals surface area contributed by atoms with E-state index in [2.05, 4.69) is 10.0 Å². The van der Waals surface area contributed by atoms with Crippen LogP contribution in [-0.4, -0.2) is 40.1 Å². The largest absolute Gasteiger partial charge is 0.481 e. The monoisotopic (exact) mass is 434 g/mol. The van der Waals surface area contributed by atoms with Crippen LogP contribution in [0.25, 0.3) is 0 Å². The van der Waals surface area contributed by atoms with E-state index in [0.29, 0.717) is 23.6 Å².